The lowest BCUT2D eigenvalue weighted by molar-refractivity contribution is -0.140. The SMILES string of the molecule is NC(=O)C[C@H](NC(=O)c1cccc(Cl)c1Cl)C(=O)O. The molecular formula is C11H10Cl2N2O4. The van der Waals surface area contributed by atoms with Gasteiger partial charge in [-0.2, -0.15) is 0 Å². The number of nitrogens with two attached hydrogens (primary N) is 1. The monoisotopic (exact) mass is 304 g/mol. The van der Waals surface area contributed by atoms with E-state index >= 15 is 0 Å². The van der Waals surface area contributed by atoms with E-state index in [-0.39, 0.29) is 15.6 Å². The van der Waals surface area contributed by atoms with Crippen LogP contribution in [0.1, 0.15) is 16.8 Å². The van der Waals surface area contributed by atoms with Gasteiger partial charge in [0.25, 0.3) is 5.91 Å². The summed E-state index contributed by atoms with van der Waals surface area (Å²) in [4.78, 5) is 33.4. The maximum Gasteiger partial charge on any atom is 0.326 e. The van der Waals surface area contributed by atoms with Crippen molar-refractivity contribution < 1.29 is 19.5 Å². The van der Waals surface area contributed by atoms with Gasteiger partial charge >= 0.3 is 5.97 Å². The molecule has 0 saturated carbocycles. The van der Waals surface area contributed by atoms with Gasteiger partial charge in [-0.3, -0.25) is 9.59 Å². The summed E-state index contributed by atoms with van der Waals surface area (Å²) < 4.78 is 0. The summed E-state index contributed by atoms with van der Waals surface area (Å²) in [6.07, 6.45) is -0.515. The number of benzene rings is 1. The molecule has 0 aliphatic rings. The molecule has 1 rings (SSSR count). The van der Waals surface area contributed by atoms with Gasteiger partial charge in [0.15, 0.2) is 0 Å². The molecule has 19 heavy (non-hydrogen) atoms. The minimum Gasteiger partial charge on any atom is -0.480 e. The summed E-state index contributed by atoms with van der Waals surface area (Å²) in [5.74, 6) is -2.96. The van der Waals surface area contributed by atoms with Crippen LogP contribution >= 0.6 is 23.2 Å². The largest absolute Gasteiger partial charge is 0.480 e. The number of hydrogen-bond acceptors (Lipinski definition) is 3. The maximum absolute atomic E-state index is 11.8. The Morgan fingerprint density at radius 3 is 2.47 bits per heavy atom. The maximum atomic E-state index is 11.8. The van der Waals surface area contributed by atoms with E-state index in [0.717, 1.165) is 0 Å². The van der Waals surface area contributed by atoms with Crippen LogP contribution in [0.15, 0.2) is 18.2 Å². The minimum absolute atomic E-state index is 0.00452. The van der Waals surface area contributed by atoms with Crippen molar-refractivity contribution in [1.29, 1.82) is 0 Å². The summed E-state index contributed by atoms with van der Waals surface area (Å²) in [6.45, 7) is 0. The second-order valence-electron chi connectivity index (χ2n) is 3.64. The highest BCUT2D eigenvalue weighted by Gasteiger charge is 2.24. The fourth-order valence-corrected chi connectivity index (χ4v) is 1.70. The third kappa shape index (κ3) is 4.11. The molecule has 0 aromatic heterocycles. The molecule has 1 aromatic rings. The van der Waals surface area contributed by atoms with E-state index in [0.29, 0.717) is 0 Å². The average Bonchev–Trinajstić information content (AvgIpc) is 2.31. The molecule has 0 fully saturated rings. The molecule has 6 nitrogen and oxygen atoms in total. The first-order valence-electron chi connectivity index (χ1n) is 5.09. The number of carbonyl (C=O) groups excluding carboxylic acids is 2. The molecule has 8 heteroatoms. The Hall–Kier alpha value is -1.79. The van der Waals surface area contributed by atoms with Gasteiger partial charge in [0.1, 0.15) is 6.04 Å². The topological polar surface area (TPSA) is 109 Å². The van der Waals surface area contributed by atoms with Crippen molar-refractivity contribution in [3.8, 4) is 0 Å². The molecule has 0 aliphatic heterocycles. The molecule has 0 unspecified atom stereocenters. The second kappa shape index (κ2) is 6.40. The molecule has 102 valence electrons. The number of aliphatic carboxylic acids is 1. The molecule has 1 aromatic carbocycles. The predicted octanol–water partition coefficient (Wildman–Crippen LogP) is 1.05. The smallest absolute Gasteiger partial charge is 0.326 e. The lowest BCUT2D eigenvalue weighted by Gasteiger charge is -2.13. The van der Waals surface area contributed by atoms with E-state index in [2.05, 4.69) is 5.32 Å². The van der Waals surface area contributed by atoms with Gasteiger partial charge in [-0.1, -0.05) is 29.3 Å². The lowest BCUT2D eigenvalue weighted by atomic mass is 10.1. The molecule has 0 bridgehead atoms. The number of halogens is 2. The standard InChI is InChI=1S/C11H10Cl2N2O4/c12-6-3-1-2-5(9(6)13)10(17)15-7(11(18)19)4-8(14)16/h1-3,7H,4H2,(H2,14,16)(H,15,17)(H,18,19)/t7-/m0/s1. The Morgan fingerprint density at radius 1 is 1.32 bits per heavy atom. The van der Waals surface area contributed by atoms with Gasteiger partial charge in [-0.25, -0.2) is 4.79 Å². The zero-order valence-corrected chi connectivity index (χ0v) is 11.0. The van der Waals surface area contributed by atoms with Gasteiger partial charge in [-0.15, -0.1) is 0 Å². The Kier molecular flexibility index (Phi) is 5.14. The minimum atomic E-state index is -1.42. The van der Waals surface area contributed by atoms with Crippen molar-refractivity contribution in [2.24, 2.45) is 5.73 Å². The highest BCUT2D eigenvalue weighted by atomic mass is 35.5. The van der Waals surface area contributed by atoms with Gasteiger partial charge in [0, 0.05) is 0 Å². The predicted molar refractivity (Wildman–Crippen MR) is 69.2 cm³/mol. The first kappa shape index (κ1) is 15.3. The number of carboxylic acid groups (broad SMARTS) is 1. The van der Waals surface area contributed by atoms with Crippen LogP contribution < -0.4 is 11.1 Å². The Morgan fingerprint density at radius 2 is 1.95 bits per heavy atom. The van der Waals surface area contributed by atoms with Crippen LogP contribution in [-0.4, -0.2) is 28.9 Å². The molecular weight excluding hydrogens is 295 g/mol. The van der Waals surface area contributed by atoms with Crippen LogP contribution in [0.4, 0.5) is 0 Å². The van der Waals surface area contributed by atoms with E-state index in [1.807, 2.05) is 0 Å². The molecule has 0 spiro atoms. The van der Waals surface area contributed by atoms with Crippen LogP contribution in [0.5, 0.6) is 0 Å². The molecule has 0 radical (unpaired) electrons. The second-order valence-corrected chi connectivity index (χ2v) is 4.42. The van der Waals surface area contributed by atoms with Crippen molar-refractivity contribution in [3.63, 3.8) is 0 Å². The Bertz CT molecular complexity index is 533. The number of hydrogen-bond donors (Lipinski definition) is 3. The van der Waals surface area contributed by atoms with E-state index in [1.165, 1.54) is 18.2 Å². The van der Waals surface area contributed by atoms with Crippen LogP contribution in [0.3, 0.4) is 0 Å². The third-order valence-electron chi connectivity index (χ3n) is 2.20. The number of rotatable bonds is 5. The van der Waals surface area contributed by atoms with Crippen molar-refractivity contribution >= 4 is 41.0 Å². The van der Waals surface area contributed by atoms with Crippen LogP contribution in [-0.2, 0) is 9.59 Å². The first-order valence-corrected chi connectivity index (χ1v) is 5.84. The highest BCUT2D eigenvalue weighted by Crippen LogP contribution is 2.25. The van der Waals surface area contributed by atoms with Crippen LogP contribution in [0, 0.1) is 0 Å². The number of carbonyl (C=O) groups is 3. The average molecular weight is 305 g/mol. The number of amides is 2. The number of primary amides is 1. The van der Waals surface area contributed by atoms with E-state index in [4.69, 9.17) is 34.0 Å². The van der Waals surface area contributed by atoms with Gasteiger partial charge < -0.3 is 16.2 Å². The summed E-state index contributed by atoms with van der Waals surface area (Å²) in [5, 5.41) is 11.2. The van der Waals surface area contributed by atoms with E-state index in [1.54, 1.807) is 0 Å². The summed E-state index contributed by atoms with van der Waals surface area (Å²) in [7, 11) is 0. The van der Waals surface area contributed by atoms with Gasteiger partial charge in [0.05, 0.1) is 22.0 Å². The molecule has 4 N–H and O–H groups in total. The van der Waals surface area contributed by atoms with Crippen molar-refractivity contribution in [2.45, 2.75) is 12.5 Å². The fourth-order valence-electron chi connectivity index (χ4n) is 1.32. The third-order valence-corrected chi connectivity index (χ3v) is 3.02. The van der Waals surface area contributed by atoms with Crippen LogP contribution in [0.2, 0.25) is 10.0 Å². The number of carboxylic acids is 1. The number of nitrogens with one attached hydrogen (secondary N) is 1. The van der Waals surface area contributed by atoms with Gasteiger partial charge in [-0.05, 0) is 12.1 Å². The molecule has 0 saturated heterocycles. The van der Waals surface area contributed by atoms with E-state index in [9.17, 15) is 14.4 Å². The zero-order chi connectivity index (χ0) is 14.6. The van der Waals surface area contributed by atoms with Gasteiger partial charge in [0.2, 0.25) is 5.91 Å². The van der Waals surface area contributed by atoms with Crippen LogP contribution in [0.25, 0.3) is 0 Å². The quantitative estimate of drug-likeness (QED) is 0.755. The Balaban J connectivity index is 2.91. The molecule has 2 amide bonds. The zero-order valence-electron chi connectivity index (χ0n) is 9.52. The summed E-state index contributed by atoms with van der Waals surface area (Å²) in [6, 6.07) is 2.94. The first-order chi connectivity index (χ1) is 8.82. The van der Waals surface area contributed by atoms with Crippen molar-refractivity contribution in [2.75, 3.05) is 0 Å². The summed E-state index contributed by atoms with van der Waals surface area (Å²) >= 11 is 11.6. The molecule has 0 heterocycles. The molecule has 0 aliphatic carbocycles. The summed E-state index contributed by atoms with van der Waals surface area (Å²) in [5.41, 5.74) is 4.92. The van der Waals surface area contributed by atoms with E-state index < -0.39 is 30.2 Å². The van der Waals surface area contributed by atoms with Crippen molar-refractivity contribution in [1.82, 2.24) is 5.32 Å². The Labute approximate surface area is 118 Å². The molecule has 1 atom stereocenters. The highest BCUT2D eigenvalue weighted by molar-refractivity contribution is 6.43. The van der Waals surface area contributed by atoms with Crippen molar-refractivity contribution in [3.05, 3.63) is 33.8 Å². The normalized spacial score (nSPS) is 11.7. The lowest BCUT2D eigenvalue weighted by Crippen LogP contribution is -2.43. The fraction of sp³-hybridized carbons (Fsp3) is 0.182.